The molecular weight excluding hydrogens is 312 g/mol. The number of aromatic hydroxyl groups is 1. The Bertz CT molecular complexity index is 1010. The van der Waals surface area contributed by atoms with Gasteiger partial charge in [-0.15, -0.1) is 10.2 Å². The van der Waals surface area contributed by atoms with E-state index in [0.717, 1.165) is 42.4 Å². The molecule has 0 spiro atoms. The van der Waals surface area contributed by atoms with Crippen molar-refractivity contribution in [1.82, 2.24) is 14.8 Å². The first-order chi connectivity index (χ1) is 12.3. The zero-order chi connectivity index (χ0) is 17.2. The number of nitriles is 1. The van der Waals surface area contributed by atoms with Gasteiger partial charge in [-0.25, -0.2) is 0 Å². The number of hydrogen-bond donors (Lipinski definition) is 1. The van der Waals surface area contributed by atoms with Crippen LogP contribution in [0.4, 0.5) is 0 Å². The van der Waals surface area contributed by atoms with Crippen molar-refractivity contribution in [3.8, 4) is 11.8 Å². The van der Waals surface area contributed by atoms with Gasteiger partial charge in [0.1, 0.15) is 17.6 Å². The molecule has 0 bridgehead atoms. The molecule has 25 heavy (non-hydrogen) atoms. The van der Waals surface area contributed by atoms with E-state index in [4.69, 9.17) is 0 Å². The Balaban J connectivity index is 1.87. The van der Waals surface area contributed by atoms with Crippen molar-refractivity contribution in [2.45, 2.75) is 32.2 Å². The van der Waals surface area contributed by atoms with E-state index in [-0.39, 0.29) is 5.75 Å². The van der Waals surface area contributed by atoms with Crippen molar-refractivity contribution < 1.29 is 5.11 Å². The van der Waals surface area contributed by atoms with Gasteiger partial charge >= 0.3 is 0 Å². The van der Waals surface area contributed by atoms with Gasteiger partial charge in [0.2, 0.25) is 0 Å². The van der Waals surface area contributed by atoms with E-state index in [1.807, 2.05) is 34.9 Å². The summed E-state index contributed by atoms with van der Waals surface area (Å²) >= 11 is 0. The number of aromatic nitrogens is 3. The number of aryl methyl sites for hydroxylation is 1. The number of allylic oxidation sites excluding steroid dienone is 1. The molecule has 124 valence electrons. The first kappa shape index (κ1) is 15.4. The molecule has 3 aromatic rings. The number of rotatable bonds is 2. The van der Waals surface area contributed by atoms with E-state index in [2.05, 4.69) is 16.3 Å². The fourth-order valence-corrected chi connectivity index (χ4v) is 3.41. The quantitative estimate of drug-likeness (QED) is 0.723. The number of phenolic OH excluding ortho intramolecular Hbond substituents is 1. The second-order valence-electron chi connectivity index (χ2n) is 6.29. The van der Waals surface area contributed by atoms with Crippen molar-refractivity contribution in [2.75, 3.05) is 0 Å². The van der Waals surface area contributed by atoms with E-state index in [1.165, 1.54) is 6.42 Å². The zero-order valence-electron chi connectivity index (χ0n) is 13.8. The number of benzene rings is 2. The van der Waals surface area contributed by atoms with Gasteiger partial charge in [-0.2, -0.15) is 5.26 Å². The first-order valence-electron chi connectivity index (χ1n) is 8.53. The van der Waals surface area contributed by atoms with E-state index in [1.54, 1.807) is 12.1 Å². The van der Waals surface area contributed by atoms with Crippen molar-refractivity contribution in [3.63, 3.8) is 0 Å². The third kappa shape index (κ3) is 2.76. The summed E-state index contributed by atoms with van der Waals surface area (Å²) in [5.74, 6) is 1.68. The molecule has 0 amide bonds. The Morgan fingerprint density at radius 1 is 1.12 bits per heavy atom. The molecule has 0 unspecified atom stereocenters. The van der Waals surface area contributed by atoms with Gasteiger partial charge in [-0.05, 0) is 35.8 Å². The number of fused-ring (bicyclic) bond motifs is 2. The van der Waals surface area contributed by atoms with Crippen LogP contribution in [0.25, 0.3) is 22.4 Å². The maximum Gasteiger partial charge on any atom is 0.174 e. The lowest BCUT2D eigenvalue weighted by molar-refractivity contribution is 0.475. The Morgan fingerprint density at radius 2 is 2.00 bits per heavy atom. The van der Waals surface area contributed by atoms with Crippen LogP contribution in [-0.2, 0) is 13.0 Å². The van der Waals surface area contributed by atoms with Crippen LogP contribution in [0.1, 0.15) is 36.5 Å². The lowest BCUT2D eigenvalue weighted by atomic mass is 10.0. The number of phenols is 1. The Kier molecular flexibility index (Phi) is 3.95. The number of hydrogen-bond acceptors (Lipinski definition) is 4. The largest absolute Gasteiger partial charge is 0.507 e. The van der Waals surface area contributed by atoms with Gasteiger partial charge in [-0.3, -0.25) is 0 Å². The smallest absolute Gasteiger partial charge is 0.174 e. The van der Waals surface area contributed by atoms with Gasteiger partial charge in [0.25, 0.3) is 0 Å². The van der Waals surface area contributed by atoms with E-state index < -0.39 is 0 Å². The summed E-state index contributed by atoms with van der Waals surface area (Å²) in [6.45, 7) is 0.832. The third-order valence-electron chi connectivity index (χ3n) is 4.71. The molecule has 0 aliphatic carbocycles. The Hall–Kier alpha value is -3.13. The molecule has 5 heteroatoms. The van der Waals surface area contributed by atoms with Crippen LogP contribution in [0.5, 0.6) is 5.75 Å². The summed E-state index contributed by atoms with van der Waals surface area (Å²) < 4.78 is 2.05. The Morgan fingerprint density at radius 3 is 2.88 bits per heavy atom. The van der Waals surface area contributed by atoms with Gasteiger partial charge in [-0.1, -0.05) is 36.8 Å². The average molecular weight is 330 g/mol. The standard InChI is InChI=1S/C20H18N4O/c21-13-15(20-23-22-19-8-2-1-5-11-24(19)20)12-17-16-7-4-3-6-14(16)9-10-18(17)25/h3-4,6-7,9-10,12,25H,1-2,5,8,11H2/b15-12+. The van der Waals surface area contributed by atoms with Gasteiger partial charge in [0.05, 0.1) is 5.57 Å². The molecule has 2 aromatic carbocycles. The average Bonchev–Trinajstić information content (AvgIpc) is 2.89. The summed E-state index contributed by atoms with van der Waals surface area (Å²) in [6, 6.07) is 13.6. The van der Waals surface area contributed by atoms with Crippen LogP contribution in [0.2, 0.25) is 0 Å². The summed E-state index contributed by atoms with van der Waals surface area (Å²) in [7, 11) is 0. The highest BCUT2D eigenvalue weighted by Gasteiger charge is 2.18. The lowest BCUT2D eigenvalue weighted by Crippen LogP contribution is -2.05. The van der Waals surface area contributed by atoms with Crippen LogP contribution in [0.15, 0.2) is 36.4 Å². The molecule has 1 aromatic heterocycles. The molecule has 0 fully saturated rings. The van der Waals surface area contributed by atoms with Crippen LogP contribution >= 0.6 is 0 Å². The molecule has 2 heterocycles. The van der Waals surface area contributed by atoms with Crippen LogP contribution in [0.3, 0.4) is 0 Å². The van der Waals surface area contributed by atoms with Crippen molar-refractivity contribution in [1.29, 1.82) is 5.26 Å². The predicted molar refractivity (Wildman–Crippen MR) is 96.7 cm³/mol. The van der Waals surface area contributed by atoms with Crippen LogP contribution < -0.4 is 0 Å². The highest BCUT2D eigenvalue weighted by Crippen LogP contribution is 2.31. The fourth-order valence-electron chi connectivity index (χ4n) is 3.41. The van der Waals surface area contributed by atoms with E-state index >= 15 is 0 Å². The lowest BCUT2D eigenvalue weighted by Gasteiger charge is -2.08. The molecule has 5 nitrogen and oxygen atoms in total. The maximum absolute atomic E-state index is 10.3. The van der Waals surface area contributed by atoms with E-state index in [9.17, 15) is 10.4 Å². The minimum atomic E-state index is 0.155. The highest BCUT2D eigenvalue weighted by atomic mass is 16.3. The minimum Gasteiger partial charge on any atom is -0.507 e. The summed E-state index contributed by atoms with van der Waals surface area (Å²) in [5, 5.41) is 30.5. The molecule has 0 saturated heterocycles. The number of nitrogens with zero attached hydrogens (tertiary/aromatic N) is 4. The first-order valence-corrected chi connectivity index (χ1v) is 8.53. The summed E-state index contributed by atoms with van der Waals surface area (Å²) in [5.41, 5.74) is 1.06. The molecule has 4 rings (SSSR count). The van der Waals surface area contributed by atoms with Gasteiger partial charge in [0.15, 0.2) is 5.82 Å². The summed E-state index contributed by atoms with van der Waals surface area (Å²) in [4.78, 5) is 0. The second-order valence-corrected chi connectivity index (χ2v) is 6.29. The van der Waals surface area contributed by atoms with Gasteiger partial charge < -0.3 is 9.67 Å². The Labute approximate surface area is 145 Å². The minimum absolute atomic E-state index is 0.155. The molecule has 0 saturated carbocycles. The molecular formula is C20H18N4O. The second kappa shape index (κ2) is 6.40. The normalized spacial score (nSPS) is 14.8. The van der Waals surface area contributed by atoms with Crippen molar-refractivity contribution in [2.24, 2.45) is 0 Å². The molecule has 0 atom stereocenters. The topological polar surface area (TPSA) is 74.7 Å². The van der Waals surface area contributed by atoms with Crippen molar-refractivity contribution in [3.05, 3.63) is 53.6 Å². The van der Waals surface area contributed by atoms with Crippen LogP contribution in [-0.4, -0.2) is 19.9 Å². The van der Waals surface area contributed by atoms with Gasteiger partial charge in [0, 0.05) is 18.5 Å². The monoisotopic (exact) mass is 330 g/mol. The molecule has 0 radical (unpaired) electrons. The molecule has 1 aliphatic rings. The molecule has 1 N–H and O–H groups in total. The zero-order valence-corrected chi connectivity index (χ0v) is 13.8. The maximum atomic E-state index is 10.3. The molecule has 1 aliphatic heterocycles. The predicted octanol–water partition coefficient (Wildman–Crippen LogP) is 3.93. The van der Waals surface area contributed by atoms with Crippen LogP contribution in [0, 0.1) is 11.3 Å². The van der Waals surface area contributed by atoms with Crippen molar-refractivity contribution >= 4 is 22.4 Å². The highest BCUT2D eigenvalue weighted by molar-refractivity contribution is 5.99. The third-order valence-corrected chi connectivity index (χ3v) is 4.71. The summed E-state index contributed by atoms with van der Waals surface area (Å²) in [6.07, 6.45) is 5.95. The van der Waals surface area contributed by atoms with E-state index in [0.29, 0.717) is 17.0 Å². The fraction of sp³-hybridized carbons (Fsp3) is 0.250. The SMILES string of the molecule is N#C/C(=C\c1c(O)ccc2ccccc12)c1nnc2n1CCCCC2.